The van der Waals surface area contributed by atoms with Crippen LogP contribution in [0.2, 0.25) is 0 Å². The predicted octanol–water partition coefficient (Wildman–Crippen LogP) is 3.18. The number of aromatic nitrogens is 6. The molecule has 5 heterocycles. The van der Waals surface area contributed by atoms with E-state index in [1.54, 1.807) is 6.20 Å². The Morgan fingerprint density at radius 3 is 2.86 bits per heavy atom. The van der Waals surface area contributed by atoms with E-state index in [0.29, 0.717) is 17.8 Å². The van der Waals surface area contributed by atoms with Gasteiger partial charge in [-0.15, -0.1) is 0 Å². The van der Waals surface area contributed by atoms with Gasteiger partial charge in [-0.05, 0) is 32.1 Å². The molecule has 1 saturated heterocycles. The number of hydrogen-bond donors (Lipinski definition) is 2. The van der Waals surface area contributed by atoms with Crippen molar-refractivity contribution in [3.8, 4) is 11.1 Å². The van der Waals surface area contributed by atoms with Crippen molar-refractivity contribution >= 4 is 22.8 Å². The molecule has 28 heavy (non-hydrogen) atoms. The van der Waals surface area contributed by atoms with Gasteiger partial charge >= 0.3 is 0 Å². The molecule has 2 fully saturated rings. The van der Waals surface area contributed by atoms with Crippen LogP contribution >= 0.6 is 0 Å². The summed E-state index contributed by atoms with van der Waals surface area (Å²) in [7, 11) is 0. The maximum absolute atomic E-state index is 5.81. The fourth-order valence-electron chi connectivity index (χ4n) is 4.43. The lowest BCUT2D eigenvalue weighted by molar-refractivity contribution is -0.165. The summed E-state index contributed by atoms with van der Waals surface area (Å²) >= 11 is 0. The summed E-state index contributed by atoms with van der Waals surface area (Å²) in [5, 5.41) is 4.49. The molecule has 0 amide bonds. The Hall–Kier alpha value is -3.00. The Bertz CT molecular complexity index is 1150. The molecule has 142 valence electrons. The molecular formula is C20H21N7O. The van der Waals surface area contributed by atoms with E-state index in [9.17, 15) is 0 Å². The first-order chi connectivity index (χ1) is 13.8. The first-order valence-corrected chi connectivity index (χ1v) is 9.82. The quantitative estimate of drug-likeness (QED) is 0.571. The number of imidazole rings is 1. The molecule has 0 bridgehead atoms. The standard InChI is InChI=1S/C20H21N7O/c1-3-20(5-8-28-20)4-2-14(1)25-18-23-11-16-15(10-22-17(16)26-18)13-9-24-19-21-6-7-27(19)12-13/h6-7,9-12,14H,1-5,8H2,(H2,22,23,25,26)/t14-,20+. The fourth-order valence-corrected chi connectivity index (χ4v) is 4.43. The van der Waals surface area contributed by atoms with Crippen LogP contribution in [0.3, 0.4) is 0 Å². The van der Waals surface area contributed by atoms with Gasteiger partial charge in [0, 0.05) is 59.7 Å². The maximum atomic E-state index is 5.81. The van der Waals surface area contributed by atoms with E-state index in [1.807, 2.05) is 35.4 Å². The molecule has 4 aromatic rings. The van der Waals surface area contributed by atoms with Crippen LogP contribution in [0, 0.1) is 0 Å². The summed E-state index contributed by atoms with van der Waals surface area (Å²) in [5.74, 6) is 1.37. The molecule has 4 aromatic heterocycles. The van der Waals surface area contributed by atoms with Crippen LogP contribution in [0.15, 0.2) is 37.2 Å². The highest BCUT2D eigenvalue weighted by atomic mass is 16.5. The summed E-state index contributed by atoms with van der Waals surface area (Å²) < 4.78 is 7.72. The lowest BCUT2D eigenvalue weighted by atomic mass is 9.77. The number of anilines is 1. The molecule has 1 saturated carbocycles. The van der Waals surface area contributed by atoms with Gasteiger partial charge in [-0.1, -0.05) is 0 Å². The van der Waals surface area contributed by atoms with Crippen LogP contribution in [0.1, 0.15) is 32.1 Å². The van der Waals surface area contributed by atoms with E-state index < -0.39 is 0 Å². The molecule has 0 unspecified atom stereocenters. The number of ether oxygens (including phenoxy) is 1. The third-order valence-corrected chi connectivity index (χ3v) is 6.18. The van der Waals surface area contributed by atoms with Gasteiger partial charge in [-0.3, -0.25) is 4.40 Å². The lowest BCUT2D eigenvalue weighted by Crippen LogP contribution is -2.48. The lowest BCUT2D eigenvalue weighted by Gasteiger charge is -2.46. The minimum atomic E-state index is 0.182. The van der Waals surface area contributed by atoms with Gasteiger partial charge < -0.3 is 15.0 Å². The fraction of sp³-hybridized carbons (Fsp3) is 0.400. The van der Waals surface area contributed by atoms with Crippen molar-refractivity contribution in [3.63, 3.8) is 0 Å². The van der Waals surface area contributed by atoms with Crippen molar-refractivity contribution in [1.82, 2.24) is 29.3 Å². The SMILES string of the molecule is c1cn2cc(-c3c[nH]c4nc(N[C@H]5CC[C@]6(CCO6)CC5)ncc34)cnc2n1. The number of nitrogens with one attached hydrogen (secondary N) is 2. The Labute approximate surface area is 161 Å². The highest BCUT2D eigenvalue weighted by molar-refractivity contribution is 5.93. The largest absolute Gasteiger partial charge is 0.375 e. The van der Waals surface area contributed by atoms with Crippen LogP contribution in [0.4, 0.5) is 5.95 Å². The molecule has 8 nitrogen and oxygen atoms in total. The van der Waals surface area contributed by atoms with Crippen molar-refractivity contribution in [2.24, 2.45) is 0 Å². The average molecular weight is 375 g/mol. The summed E-state index contributed by atoms with van der Waals surface area (Å²) in [5.41, 5.74) is 3.04. The smallest absolute Gasteiger partial charge is 0.233 e. The second-order valence-electron chi connectivity index (χ2n) is 7.84. The highest BCUT2D eigenvalue weighted by Gasteiger charge is 2.41. The van der Waals surface area contributed by atoms with Gasteiger partial charge in [0.15, 0.2) is 0 Å². The van der Waals surface area contributed by atoms with Crippen molar-refractivity contribution in [1.29, 1.82) is 0 Å². The van der Waals surface area contributed by atoms with Crippen LogP contribution in [-0.4, -0.2) is 47.6 Å². The normalized spacial score (nSPS) is 24.6. The first-order valence-electron chi connectivity index (χ1n) is 9.82. The summed E-state index contributed by atoms with van der Waals surface area (Å²) in [6.45, 7) is 0.927. The van der Waals surface area contributed by atoms with E-state index in [4.69, 9.17) is 4.74 Å². The Morgan fingerprint density at radius 2 is 2.04 bits per heavy atom. The number of rotatable bonds is 3. The molecule has 1 aliphatic carbocycles. The Morgan fingerprint density at radius 1 is 1.14 bits per heavy atom. The minimum absolute atomic E-state index is 0.182. The van der Waals surface area contributed by atoms with Crippen molar-refractivity contribution in [2.75, 3.05) is 11.9 Å². The number of H-pyrrole nitrogens is 1. The van der Waals surface area contributed by atoms with Crippen LogP contribution in [0.25, 0.3) is 27.9 Å². The summed E-state index contributed by atoms with van der Waals surface area (Å²) in [6, 6.07) is 0.412. The molecule has 0 radical (unpaired) electrons. The Kier molecular flexibility index (Phi) is 3.43. The monoisotopic (exact) mass is 375 g/mol. The molecule has 8 heteroatoms. The third-order valence-electron chi connectivity index (χ3n) is 6.18. The maximum Gasteiger partial charge on any atom is 0.233 e. The molecule has 1 spiro atoms. The van der Waals surface area contributed by atoms with E-state index in [-0.39, 0.29) is 5.60 Å². The topological polar surface area (TPSA) is 93.0 Å². The van der Waals surface area contributed by atoms with Crippen LogP contribution in [0.5, 0.6) is 0 Å². The zero-order valence-electron chi connectivity index (χ0n) is 15.4. The highest BCUT2D eigenvalue weighted by Crippen LogP contribution is 2.41. The molecule has 1 aliphatic heterocycles. The minimum Gasteiger partial charge on any atom is -0.375 e. The molecule has 0 atom stereocenters. The van der Waals surface area contributed by atoms with Gasteiger partial charge in [0.05, 0.1) is 12.2 Å². The molecular weight excluding hydrogens is 354 g/mol. The zero-order valence-corrected chi connectivity index (χ0v) is 15.4. The second kappa shape index (κ2) is 6.00. The molecule has 6 rings (SSSR count). The molecule has 2 aliphatic rings. The third kappa shape index (κ3) is 2.56. The van der Waals surface area contributed by atoms with Crippen molar-refractivity contribution < 1.29 is 4.74 Å². The van der Waals surface area contributed by atoms with E-state index in [2.05, 4.69) is 30.2 Å². The van der Waals surface area contributed by atoms with E-state index in [0.717, 1.165) is 54.5 Å². The Balaban J connectivity index is 1.24. The second-order valence-corrected chi connectivity index (χ2v) is 7.84. The molecule has 2 N–H and O–H groups in total. The van der Waals surface area contributed by atoms with Gasteiger partial charge in [-0.25, -0.2) is 15.0 Å². The summed E-state index contributed by atoms with van der Waals surface area (Å²) in [6.07, 6.45) is 17.0. The number of fused-ring (bicyclic) bond motifs is 2. The average Bonchev–Trinajstić information content (AvgIpc) is 3.33. The summed E-state index contributed by atoms with van der Waals surface area (Å²) in [4.78, 5) is 21.1. The van der Waals surface area contributed by atoms with Crippen molar-refractivity contribution in [2.45, 2.75) is 43.7 Å². The number of hydrogen-bond acceptors (Lipinski definition) is 6. The van der Waals surface area contributed by atoms with Crippen LogP contribution < -0.4 is 5.32 Å². The first kappa shape index (κ1) is 16.0. The van der Waals surface area contributed by atoms with Gasteiger partial charge in [-0.2, -0.15) is 4.98 Å². The number of aromatic amines is 1. The van der Waals surface area contributed by atoms with E-state index in [1.165, 1.54) is 6.42 Å². The van der Waals surface area contributed by atoms with E-state index >= 15 is 0 Å². The molecule has 0 aromatic carbocycles. The van der Waals surface area contributed by atoms with Gasteiger partial charge in [0.2, 0.25) is 11.7 Å². The van der Waals surface area contributed by atoms with Gasteiger partial charge in [0.1, 0.15) is 5.65 Å². The number of nitrogens with zero attached hydrogens (tertiary/aromatic N) is 5. The van der Waals surface area contributed by atoms with Crippen molar-refractivity contribution in [3.05, 3.63) is 37.2 Å². The predicted molar refractivity (Wildman–Crippen MR) is 105 cm³/mol. The van der Waals surface area contributed by atoms with Crippen LogP contribution in [-0.2, 0) is 4.74 Å². The zero-order chi connectivity index (χ0) is 18.6. The van der Waals surface area contributed by atoms with Gasteiger partial charge in [0.25, 0.3) is 0 Å².